The van der Waals surface area contributed by atoms with Crippen LogP contribution in [0.25, 0.3) is 21.7 Å². The van der Waals surface area contributed by atoms with Gasteiger partial charge < -0.3 is 15.0 Å². The number of hydrogen-bond donors (Lipinski definition) is 2. The third-order valence-corrected chi connectivity index (χ3v) is 7.50. The molecule has 0 saturated carbocycles. The average Bonchev–Trinajstić information content (AvgIpc) is 3.26. The molecule has 0 spiro atoms. The van der Waals surface area contributed by atoms with Crippen molar-refractivity contribution in [1.29, 1.82) is 0 Å². The maximum absolute atomic E-state index is 12.9. The SMILES string of the molecule is O=C(NCCCS(=O)(=O)NCl)c1csc2nc(-c3ccccn3)nc(N3CCOCC3)c12. The van der Waals surface area contributed by atoms with E-state index >= 15 is 0 Å². The number of carbonyl (C=O) groups is 1. The highest BCUT2D eigenvalue weighted by molar-refractivity contribution is 7.90. The van der Waals surface area contributed by atoms with Crippen LogP contribution in [0.4, 0.5) is 5.82 Å². The van der Waals surface area contributed by atoms with Crippen molar-refractivity contribution in [1.82, 2.24) is 24.5 Å². The third kappa shape index (κ3) is 5.15. The topological polar surface area (TPSA) is 126 Å². The summed E-state index contributed by atoms with van der Waals surface area (Å²) in [5, 5.41) is 5.19. The molecule has 1 saturated heterocycles. The van der Waals surface area contributed by atoms with Crippen LogP contribution < -0.4 is 14.5 Å². The molecule has 0 aromatic carbocycles. The molecule has 0 unspecified atom stereocenters. The summed E-state index contributed by atoms with van der Waals surface area (Å²) in [7, 11) is -3.54. The maximum Gasteiger partial charge on any atom is 0.252 e. The Kier molecular flexibility index (Phi) is 7.16. The lowest BCUT2D eigenvalue weighted by Crippen LogP contribution is -2.37. The average molecular weight is 497 g/mol. The molecule has 0 bridgehead atoms. The first-order valence-electron chi connectivity index (χ1n) is 9.90. The summed E-state index contributed by atoms with van der Waals surface area (Å²) in [6, 6.07) is 5.54. The predicted molar refractivity (Wildman–Crippen MR) is 123 cm³/mol. The van der Waals surface area contributed by atoms with Crippen molar-refractivity contribution in [3.05, 3.63) is 35.3 Å². The van der Waals surface area contributed by atoms with Gasteiger partial charge in [-0.1, -0.05) is 6.07 Å². The number of hydrogen-bond acceptors (Lipinski definition) is 9. The molecule has 1 aliphatic rings. The van der Waals surface area contributed by atoms with Gasteiger partial charge in [-0.05, 0) is 30.3 Å². The highest BCUT2D eigenvalue weighted by atomic mass is 35.5. The van der Waals surface area contributed by atoms with E-state index in [0.29, 0.717) is 59.4 Å². The van der Waals surface area contributed by atoms with Crippen LogP contribution in [0.3, 0.4) is 0 Å². The van der Waals surface area contributed by atoms with E-state index in [1.54, 1.807) is 15.8 Å². The normalized spacial score (nSPS) is 14.6. The number of morpholine rings is 1. The second-order valence-corrected chi connectivity index (χ2v) is 10.1. The highest BCUT2D eigenvalue weighted by Gasteiger charge is 2.24. The lowest BCUT2D eigenvalue weighted by molar-refractivity contribution is 0.0955. The van der Waals surface area contributed by atoms with E-state index in [1.807, 2.05) is 18.2 Å². The number of halogens is 1. The summed E-state index contributed by atoms with van der Waals surface area (Å²) < 4.78 is 30.1. The Morgan fingerprint density at radius 1 is 1.25 bits per heavy atom. The van der Waals surface area contributed by atoms with E-state index in [9.17, 15) is 13.2 Å². The number of sulfonamides is 1. The van der Waals surface area contributed by atoms with Gasteiger partial charge in [0.05, 0.1) is 29.9 Å². The lowest BCUT2D eigenvalue weighted by Gasteiger charge is -2.28. The van der Waals surface area contributed by atoms with E-state index in [-0.39, 0.29) is 24.6 Å². The van der Waals surface area contributed by atoms with Crippen molar-refractivity contribution in [2.24, 2.45) is 0 Å². The van der Waals surface area contributed by atoms with Crippen LogP contribution >= 0.6 is 23.1 Å². The van der Waals surface area contributed by atoms with Crippen LogP contribution in [0.2, 0.25) is 0 Å². The summed E-state index contributed by atoms with van der Waals surface area (Å²) in [5.74, 6) is 0.666. The van der Waals surface area contributed by atoms with Crippen molar-refractivity contribution in [2.45, 2.75) is 6.42 Å². The van der Waals surface area contributed by atoms with E-state index < -0.39 is 10.0 Å². The molecule has 3 aromatic heterocycles. The standard InChI is InChI=1S/C19H21ClN6O4S2/c20-25-32(28,29)11-3-6-22-18(27)13-12-31-19-15(13)17(26-7-9-30-10-8-26)23-16(24-19)14-4-1-2-5-21-14/h1-2,4-5,12,25H,3,6-11H2,(H,22,27). The Bertz CT molecular complexity index is 1200. The van der Waals surface area contributed by atoms with Gasteiger partial charge in [-0.15, -0.1) is 15.6 Å². The van der Waals surface area contributed by atoms with Crippen molar-refractivity contribution < 1.29 is 17.9 Å². The number of amides is 1. The van der Waals surface area contributed by atoms with E-state index in [0.717, 1.165) is 0 Å². The van der Waals surface area contributed by atoms with Gasteiger partial charge in [0.25, 0.3) is 5.91 Å². The second kappa shape index (κ2) is 10.0. The van der Waals surface area contributed by atoms with E-state index in [4.69, 9.17) is 21.5 Å². The van der Waals surface area contributed by atoms with E-state index in [2.05, 4.69) is 20.2 Å². The smallest absolute Gasteiger partial charge is 0.252 e. The highest BCUT2D eigenvalue weighted by Crippen LogP contribution is 2.34. The molecular weight excluding hydrogens is 476 g/mol. The quantitative estimate of drug-likeness (QED) is 0.357. The van der Waals surface area contributed by atoms with Crippen molar-refractivity contribution in [2.75, 3.05) is 43.5 Å². The van der Waals surface area contributed by atoms with Crippen molar-refractivity contribution in [3.8, 4) is 11.5 Å². The number of pyridine rings is 1. The van der Waals surface area contributed by atoms with Gasteiger partial charge in [0.2, 0.25) is 10.0 Å². The molecule has 170 valence electrons. The van der Waals surface area contributed by atoms with Gasteiger partial charge in [-0.2, -0.15) is 0 Å². The molecule has 0 aliphatic carbocycles. The minimum absolute atomic E-state index is 0.184. The van der Waals surface area contributed by atoms with Gasteiger partial charge >= 0.3 is 0 Å². The monoisotopic (exact) mass is 496 g/mol. The predicted octanol–water partition coefficient (Wildman–Crippen LogP) is 1.78. The number of ether oxygens (including phenoxy) is 1. The van der Waals surface area contributed by atoms with Crippen LogP contribution in [0, 0.1) is 0 Å². The maximum atomic E-state index is 12.9. The molecule has 10 nitrogen and oxygen atoms in total. The first-order chi connectivity index (χ1) is 15.5. The van der Waals surface area contributed by atoms with Crippen LogP contribution in [0.1, 0.15) is 16.8 Å². The molecule has 0 atom stereocenters. The minimum atomic E-state index is -3.54. The molecule has 1 aliphatic heterocycles. The Morgan fingerprint density at radius 2 is 2.06 bits per heavy atom. The van der Waals surface area contributed by atoms with Gasteiger partial charge in [-0.3, -0.25) is 9.78 Å². The molecule has 4 heterocycles. The van der Waals surface area contributed by atoms with Crippen LogP contribution in [0.5, 0.6) is 0 Å². The third-order valence-electron chi connectivity index (χ3n) is 4.86. The van der Waals surface area contributed by atoms with Crippen molar-refractivity contribution in [3.63, 3.8) is 0 Å². The zero-order chi connectivity index (χ0) is 22.6. The van der Waals surface area contributed by atoms with E-state index in [1.165, 1.54) is 11.3 Å². The van der Waals surface area contributed by atoms with Gasteiger partial charge in [-0.25, -0.2) is 18.4 Å². The lowest BCUT2D eigenvalue weighted by atomic mass is 10.2. The number of nitrogens with zero attached hydrogens (tertiary/aromatic N) is 4. The molecule has 3 aromatic rings. The molecule has 1 fully saturated rings. The first-order valence-corrected chi connectivity index (χ1v) is 12.8. The van der Waals surface area contributed by atoms with Crippen LogP contribution in [-0.2, 0) is 14.8 Å². The first kappa shape index (κ1) is 22.8. The fourth-order valence-corrected chi connectivity index (χ4v) is 5.05. The molecule has 1 amide bonds. The molecule has 0 radical (unpaired) electrons. The minimum Gasteiger partial charge on any atom is -0.378 e. The summed E-state index contributed by atoms with van der Waals surface area (Å²) >= 11 is 6.53. The number of nitrogens with one attached hydrogen (secondary N) is 2. The summed E-state index contributed by atoms with van der Waals surface area (Å²) in [6.45, 7) is 2.62. The van der Waals surface area contributed by atoms with Crippen LogP contribution in [0.15, 0.2) is 29.8 Å². The fourth-order valence-electron chi connectivity index (χ4n) is 3.30. The Balaban J connectivity index is 1.64. The zero-order valence-corrected chi connectivity index (χ0v) is 19.3. The summed E-state index contributed by atoms with van der Waals surface area (Å²) in [4.78, 5) is 29.4. The number of aromatic nitrogens is 3. The molecular formula is C19H21ClN6O4S2. The molecule has 4 rings (SSSR count). The number of fused-ring (bicyclic) bond motifs is 1. The Hall–Kier alpha value is -2.38. The summed E-state index contributed by atoms with van der Waals surface area (Å²) in [5.41, 5.74) is 1.11. The second-order valence-electron chi connectivity index (χ2n) is 7.02. The van der Waals surface area contributed by atoms with Gasteiger partial charge in [0.1, 0.15) is 16.3 Å². The fraction of sp³-hybridized carbons (Fsp3) is 0.368. The summed E-state index contributed by atoms with van der Waals surface area (Å²) in [6.07, 6.45) is 1.91. The number of anilines is 1. The largest absolute Gasteiger partial charge is 0.378 e. The van der Waals surface area contributed by atoms with Crippen molar-refractivity contribution >= 4 is 55.1 Å². The Morgan fingerprint density at radius 3 is 2.78 bits per heavy atom. The number of thiophene rings is 1. The zero-order valence-electron chi connectivity index (χ0n) is 17.0. The van der Waals surface area contributed by atoms with Crippen LogP contribution in [-0.4, -0.2) is 67.9 Å². The van der Waals surface area contributed by atoms with Gasteiger partial charge in [0, 0.05) is 31.2 Å². The Labute approximate surface area is 194 Å². The van der Waals surface area contributed by atoms with Gasteiger partial charge in [0.15, 0.2) is 5.82 Å². The number of carbonyl (C=O) groups excluding carboxylic acids is 1. The molecule has 32 heavy (non-hydrogen) atoms. The molecule has 2 N–H and O–H groups in total. The number of rotatable bonds is 8. The molecule has 13 heteroatoms.